The number of nitrogens with one attached hydrogen (secondary N) is 2. The minimum atomic E-state index is -0.238. The van der Waals surface area contributed by atoms with Crippen molar-refractivity contribution in [1.29, 1.82) is 0 Å². The maximum atomic E-state index is 12.5. The van der Waals surface area contributed by atoms with E-state index < -0.39 is 0 Å². The molecule has 2 aromatic rings. The van der Waals surface area contributed by atoms with Crippen LogP contribution in [0.15, 0.2) is 42.7 Å². The quantitative estimate of drug-likeness (QED) is 0.728. The van der Waals surface area contributed by atoms with Crippen LogP contribution in [0.1, 0.15) is 24.2 Å². The molecule has 0 saturated carbocycles. The van der Waals surface area contributed by atoms with Gasteiger partial charge in [0.15, 0.2) is 0 Å². The SMILES string of the molecule is COCCNc1cncc(C(=O)Nc2ccccc2OC(C)C)c1. The van der Waals surface area contributed by atoms with Gasteiger partial charge >= 0.3 is 0 Å². The number of ether oxygens (including phenoxy) is 2. The lowest BCUT2D eigenvalue weighted by Gasteiger charge is -2.15. The summed E-state index contributed by atoms with van der Waals surface area (Å²) in [6.07, 6.45) is 3.23. The van der Waals surface area contributed by atoms with Crippen LogP contribution < -0.4 is 15.4 Å². The number of carbonyl (C=O) groups is 1. The molecule has 0 unspecified atom stereocenters. The van der Waals surface area contributed by atoms with Gasteiger partial charge in [0.2, 0.25) is 0 Å². The van der Waals surface area contributed by atoms with Crippen molar-refractivity contribution >= 4 is 17.3 Å². The van der Waals surface area contributed by atoms with Crippen molar-refractivity contribution in [3.63, 3.8) is 0 Å². The standard InChI is InChI=1S/C18H23N3O3/c1-13(2)24-17-7-5-4-6-16(17)21-18(22)14-10-15(12-19-11-14)20-8-9-23-3/h4-7,10-13,20H,8-9H2,1-3H3,(H,21,22). The molecule has 0 saturated heterocycles. The summed E-state index contributed by atoms with van der Waals surface area (Å²) in [4.78, 5) is 16.6. The molecule has 0 aliphatic carbocycles. The van der Waals surface area contributed by atoms with E-state index in [9.17, 15) is 4.79 Å². The minimum Gasteiger partial charge on any atom is -0.489 e. The third-order valence-electron chi connectivity index (χ3n) is 3.13. The summed E-state index contributed by atoms with van der Waals surface area (Å²) in [6, 6.07) is 9.11. The number of hydrogen-bond acceptors (Lipinski definition) is 5. The Morgan fingerprint density at radius 3 is 2.79 bits per heavy atom. The maximum absolute atomic E-state index is 12.5. The summed E-state index contributed by atoms with van der Waals surface area (Å²) < 4.78 is 10.7. The van der Waals surface area contributed by atoms with Crippen molar-refractivity contribution < 1.29 is 14.3 Å². The van der Waals surface area contributed by atoms with Crippen molar-refractivity contribution in [2.45, 2.75) is 20.0 Å². The Bertz CT molecular complexity index is 674. The number of para-hydroxylation sites is 2. The molecule has 24 heavy (non-hydrogen) atoms. The lowest BCUT2D eigenvalue weighted by molar-refractivity contribution is 0.102. The molecule has 1 heterocycles. The molecule has 2 rings (SSSR count). The molecule has 128 valence electrons. The van der Waals surface area contributed by atoms with Crippen molar-refractivity contribution in [1.82, 2.24) is 4.98 Å². The van der Waals surface area contributed by atoms with Crippen LogP contribution >= 0.6 is 0 Å². The number of benzene rings is 1. The van der Waals surface area contributed by atoms with Gasteiger partial charge in [-0.3, -0.25) is 9.78 Å². The summed E-state index contributed by atoms with van der Waals surface area (Å²) in [5, 5.41) is 6.02. The Hall–Kier alpha value is -2.60. The summed E-state index contributed by atoms with van der Waals surface area (Å²) in [7, 11) is 1.64. The molecule has 0 bridgehead atoms. The highest BCUT2D eigenvalue weighted by atomic mass is 16.5. The van der Waals surface area contributed by atoms with Crippen LogP contribution in [0.2, 0.25) is 0 Å². The van der Waals surface area contributed by atoms with Gasteiger partial charge in [0, 0.05) is 26.0 Å². The van der Waals surface area contributed by atoms with Gasteiger partial charge in [-0.15, -0.1) is 0 Å². The third kappa shape index (κ3) is 5.24. The van der Waals surface area contributed by atoms with E-state index in [1.165, 1.54) is 6.20 Å². The number of hydrogen-bond donors (Lipinski definition) is 2. The van der Waals surface area contributed by atoms with E-state index in [1.807, 2.05) is 38.1 Å². The van der Waals surface area contributed by atoms with Crippen molar-refractivity contribution in [2.24, 2.45) is 0 Å². The normalized spacial score (nSPS) is 10.5. The fourth-order valence-corrected chi connectivity index (χ4v) is 2.08. The van der Waals surface area contributed by atoms with E-state index in [-0.39, 0.29) is 12.0 Å². The zero-order chi connectivity index (χ0) is 17.4. The summed E-state index contributed by atoms with van der Waals surface area (Å²) in [6.45, 7) is 5.11. The van der Waals surface area contributed by atoms with Gasteiger partial charge in [-0.25, -0.2) is 0 Å². The fraction of sp³-hybridized carbons (Fsp3) is 0.333. The van der Waals surface area contributed by atoms with E-state index in [0.717, 1.165) is 5.69 Å². The van der Waals surface area contributed by atoms with E-state index in [2.05, 4.69) is 15.6 Å². The lowest BCUT2D eigenvalue weighted by atomic mass is 10.2. The van der Waals surface area contributed by atoms with Crippen molar-refractivity contribution in [3.8, 4) is 5.75 Å². The van der Waals surface area contributed by atoms with Crippen molar-refractivity contribution in [2.75, 3.05) is 30.9 Å². The topological polar surface area (TPSA) is 72.5 Å². The van der Waals surface area contributed by atoms with Gasteiger partial charge in [0.05, 0.1) is 29.6 Å². The van der Waals surface area contributed by atoms with Crippen LogP contribution in [-0.4, -0.2) is 37.3 Å². The van der Waals surface area contributed by atoms with E-state index in [0.29, 0.717) is 30.2 Å². The lowest BCUT2D eigenvalue weighted by Crippen LogP contribution is -2.15. The Morgan fingerprint density at radius 2 is 2.04 bits per heavy atom. The number of methoxy groups -OCH3 is 1. The molecule has 2 N–H and O–H groups in total. The first kappa shape index (κ1) is 17.7. The smallest absolute Gasteiger partial charge is 0.257 e. The highest BCUT2D eigenvalue weighted by Gasteiger charge is 2.11. The molecule has 0 spiro atoms. The maximum Gasteiger partial charge on any atom is 0.257 e. The van der Waals surface area contributed by atoms with Gasteiger partial charge in [0.25, 0.3) is 5.91 Å². The van der Waals surface area contributed by atoms with Gasteiger partial charge < -0.3 is 20.1 Å². The first-order chi connectivity index (χ1) is 11.6. The highest BCUT2D eigenvalue weighted by Crippen LogP contribution is 2.25. The Morgan fingerprint density at radius 1 is 1.25 bits per heavy atom. The van der Waals surface area contributed by atoms with Crippen molar-refractivity contribution in [3.05, 3.63) is 48.3 Å². The number of anilines is 2. The van der Waals surface area contributed by atoms with E-state index in [1.54, 1.807) is 19.4 Å². The molecular weight excluding hydrogens is 306 g/mol. The van der Waals surface area contributed by atoms with Gasteiger partial charge in [-0.1, -0.05) is 12.1 Å². The second-order valence-electron chi connectivity index (χ2n) is 5.50. The number of pyridine rings is 1. The highest BCUT2D eigenvalue weighted by molar-refractivity contribution is 6.05. The molecule has 0 atom stereocenters. The Labute approximate surface area is 142 Å². The molecule has 1 aromatic carbocycles. The number of carbonyl (C=O) groups excluding carboxylic acids is 1. The average Bonchev–Trinajstić information content (AvgIpc) is 2.57. The Kier molecular flexibility index (Phi) is 6.57. The third-order valence-corrected chi connectivity index (χ3v) is 3.13. The Balaban J connectivity index is 2.08. The zero-order valence-electron chi connectivity index (χ0n) is 14.2. The molecule has 0 aliphatic rings. The predicted octanol–water partition coefficient (Wildman–Crippen LogP) is 3.18. The zero-order valence-corrected chi connectivity index (χ0v) is 14.2. The second-order valence-corrected chi connectivity index (χ2v) is 5.50. The summed E-state index contributed by atoms with van der Waals surface area (Å²) in [5.74, 6) is 0.404. The molecule has 1 aromatic heterocycles. The van der Waals surface area contributed by atoms with E-state index in [4.69, 9.17) is 9.47 Å². The van der Waals surface area contributed by atoms with Crippen LogP contribution in [0.3, 0.4) is 0 Å². The second kappa shape index (κ2) is 8.88. The number of amides is 1. The number of rotatable bonds is 8. The first-order valence-corrected chi connectivity index (χ1v) is 7.85. The molecule has 0 fully saturated rings. The van der Waals surface area contributed by atoms with Crippen LogP contribution in [0.4, 0.5) is 11.4 Å². The largest absolute Gasteiger partial charge is 0.489 e. The molecule has 1 amide bonds. The van der Waals surface area contributed by atoms with Gasteiger partial charge in [0.1, 0.15) is 5.75 Å². The average molecular weight is 329 g/mol. The first-order valence-electron chi connectivity index (χ1n) is 7.85. The summed E-state index contributed by atoms with van der Waals surface area (Å²) in [5.41, 5.74) is 1.87. The number of nitrogens with zero attached hydrogens (tertiary/aromatic N) is 1. The monoisotopic (exact) mass is 329 g/mol. The van der Waals surface area contributed by atoms with Crippen LogP contribution in [-0.2, 0) is 4.74 Å². The van der Waals surface area contributed by atoms with Gasteiger partial charge in [-0.05, 0) is 32.0 Å². The number of aromatic nitrogens is 1. The van der Waals surface area contributed by atoms with Crippen LogP contribution in [0.25, 0.3) is 0 Å². The molecule has 0 radical (unpaired) electrons. The van der Waals surface area contributed by atoms with E-state index >= 15 is 0 Å². The van der Waals surface area contributed by atoms with Crippen LogP contribution in [0, 0.1) is 0 Å². The molecule has 6 heteroatoms. The molecule has 6 nitrogen and oxygen atoms in total. The van der Waals surface area contributed by atoms with Crippen LogP contribution in [0.5, 0.6) is 5.75 Å². The summed E-state index contributed by atoms with van der Waals surface area (Å²) >= 11 is 0. The molecule has 0 aliphatic heterocycles. The molecular formula is C18H23N3O3. The fourth-order valence-electron chi connectivity index (χ4n) is 2.08. The predicted molar refractivity (Wildman–Crippen MR) is 94.8 cm³/mol. The van der Waals surface area contributed by atoms with Gasteiger partial charge in [-0.2, -0.15) is 0 Å². The minimum absolute atomic E-state index is 0.0260.